The topological polar surface area (TPSA) is 80.9 Å². The maximum absolute atomic E-state index is 12.0. The minimum Gasteiger partial charge on any atom is -0.397 e. The maximum Gasteiger partial charge on any atom is 0.263 e. The first-order valence-corrected chi connectivity index (χ1v) is 6.83. The molecule has 0 saturated heterocycles. The monoisotopic (exact) mass is 264 g/mol. The Balaban J connectivity index is 2.10. The Labute approximate surface area is 109 Å². The summed E-state index contributed by atoms with van der Waals surface area (Å²) >= 11 is 1.29. The van der Waals surface area contributed by atoms with Gasteiger partial charge in [-0.05, 0) is 12.5 Å². The predicted molar refractivity (Wildman–Crippen MR) is 73.7 cm³/mol. The van der Waals surface area contributed by atoms with Gasteiger partial charge in [0.25, 0.3) is 5.91 Å². The summed E-state index contributed by atoms with van der Waals surface area (Å²) in [4.78, 5) is 13.2. The van der Waals surface area contributed by atoms with Crippen LogP contribution in [-0.4, -0.2) is 22.6 Å². The molecule has 2 rings (SSSR count). The number of nitrogens with two attached hydrogens (primary N) is 1. The molecule has 0 bridgehead atoms. The van der Waals surface area contributed by atoms with Crippen molar-refractivity contribution in [2.45, 2.75) is 26.2 Å². The van der Waals surface area contributed by atoms with Crippen molar-refractivity contribution in [3.05, 3.63) is 17.1 Å². The number of nitrogens with zero attached hydrogens (tertiary/aromatic N) is 2. The number of thiophene rings is 1. The summed E-state index contributed by atoms with van der Waals surface area (Å²) in [6.07, 6.45) is 4.82. The summed E-state index contributed by atoms with van der Waals surface area (Å²) < 4.78 is 0. The lowest BCUT2D eigenvalue weighted by Gasteiger charge is -2.03. The van der Waals surface area contributed by atoms with E-state index in [1.165, 1.54) is 11.3 Å². The summed E-state index contributed by atoms with van der Waals surface area (Å²) in [5, 5.41) is 11.4. The average Bonchev–Trinajstić information content (AvgIpc) is 2.73. The van der Waals surface area contributed by atoms with E-state index in [0.717, 1.165) is 24.6 Å². The first-order valence-electron chi connectivity index (χ1n) is 6.02. The highest BCUT2D eigenvalue weighted by Gasteiger charge is 2.16. The van der Waals surface area contributed by atoms with Crippen LogP contribution in [0.1, 0.15) is 35.9 Å². The number of nitrogen functional groups attached to an aromatic ring is 1. The zero-order valence-corrected chi connectivity index (χ0v) is 11.1. The number of hydrogen-bond acceptors (Lipinski definition) is 5. The van der Waals surface area contributed by atoms with Gasteiger partial charge in [-0.1, -0.05) is 19.8 Å². The van der Waals surface area contributed by atoms with Crippen molar-refractivity contribution in [1.29, 1.82) is 0 Å². The number of anilines is 1. The molecule has 0 saturated carbocycles. The van der Waals surface area contributed by atoms with Gasteiger partial charge in [-0.25, -0.2) is 0 Å². The minimum absolute atomic E-state index is 0.119. The van der Waals surface area contributed by atoms with Gasteiger partial charge in [-0.15, -0.1) is 16.4 Å². The molecule has 0 radical (unpaired) electrons. The average molecular weight is 264 g/mol. The highest BCUT2D eigenvalue weighted by atomic mass is 32.1. The van der Waals surface area contributed by atoms with Crippen LogP contribution in [0.5, 0.6) is 0 Å². The van der Waals surface area contributed by atoms with Crippen molar-refractivity contribution in [3.8, 4) is 0 Å². The lowest BCUT2D eigenvalue weighted by atomic mass is 10.2. The van der Waals surface area contributed by atoms with E-state index in [1.54, 1.807) is 12.3 Å². The third-order valence-corrected chi connectivity index (χ3v) is 3.80. The Morgan fingerprint density at radius 3 is 3.06 bits per heavy atom. The summed E-state index contributed by atoms with van der Waals surface area (Å²) in [7, 11) is 0. The Hall–Kier alpha value is -1.69. The molecule has 2 heterocycles. The van der Waals surface area contributed by atoms with E-state index in [-0.39, 0.29) is 5.91 Å². The fourth-order valence-corrected chi connectivity index (χ4v) is 2.65. The molecule has 0 aromatic carbocycles. The van der Waals surface area contributed by atoms with Crippen molar-refractivity contribution in [3.63, 3.8) is 0 Å². The number of aromatic nitrogens is 2. The van der Waals surface area contributed by atoms with Crippen molar-refractivity contribution in [2.75, 3.05) is 12.3 Å². The summed E-state index contributed by atoms with van der Waals surface area (Å²) in [5.74, 6) is -0.119. The van der Waals surface area contributed by atoms with Crippen molar-refractivity contribution in [1.82, 2.24) is 15.5 Å². The van der Waals surface area contributed by atoms with Crippen LogP contribution in [0, 0.1) is 0 Å². The second-order valence-corrected chi connectivity index (χ2v) is 5.06. The Kier molecular flexibility index (Phi) is 4.09. The van der Waals surface area contributed by atoms with Crippen LogP contribution in [0.15, 0.2) is 12.3 Å². The van der Waals surface area contributed by atoms with E-state index in [1.807, 2.05) is 0 Å². The van der Waals surface area contributed by atoms with Gasteiger partial charge in [-0.3, -0.25) is 4.79 Å². The molecule has 0 unspecified atom stereocenters. The number of amides is 1. The number of fused-ring (bicyclic) bond motifs is 1. The van der Waals surface area contributed by atoms with Crippen LogP contribution in [0.4, 0.5) is 5.69 Å². The molecule has 0 fully saturated rings. The zero-order chi connectivity index (χ0) is 13.0. The highest BCUT2D eigenvalue weighted by molar-refractivity contribution is 7.21. The van der Waals surface area contributed by atoms with Crippen molar-refractivity contribution >= 4 is 33.1 Å². The van der Waals surface area contributed by atoms with Gasteiger partial charge in [0, 0.05) is 11.9 Å². The van der Waals surface area contributed by atoms with E-state index in [9.17, 15) is 4.79 Å². The second-order valence-electron chi connectivity index (χ2n) is 4.06. The van der Waals surface area contributed by atoms with Crippen LogP contribution in [0.25, 0.3) is 10.2 Å². The fourth-order valence-electron chi connectivity index (χ4n) is 1.70. The molecule has 0 aliphatic rings. The van der Waals surface area contributed by atoms with Gasteiger partial charge in [-0.2, -0.15) is 5.10 Å². The fraction of sp³-hybridized carbons (Fsp3) is 0.417. The van der Waals surface area contributed by atoms with E-state index >= 15 is 0 Å². The normalized spacial score (nSPS) is 10.7. The third-order valence-electron chi connectivity index (χ3n) is 2.69. The molecular formula is C12H16N4OS. The quantitative estimate of drug-likeness (QED) is 0.811. The molecule has 2 aromatic rings. The first kappa shape index (κ1) is 12.8. The van der Waals surface area contributed by atoms with Crippen molar-refractivity contribution < 1.29 is 4.79 Å². The van der Waals surface area contributed by atoms with Crippen LogP contribution >= 0.6 is 11.3 Å². The SMILES string of the molecule is CCCCCNC(=O)c1sc2nnccc2c1N. The minimum atomic E-state index is -0.119. The number of hydrogen-bond donors (Lipinski definition) is 2. The zero-order valence-electron chi connectivity index (χ0n) is 10.3. The van der Waals surface area contributed by atoms with Crippen LogP contribution < -0.4 is 11.1 Å². The van der Waals surface area contributed by atoms with E-state index in [2.05, 4.69) is 22.4 Å². The lowest BCUT2D eigenvalue weighted by Crippen LogP contribution is -2.24. The smallest absolute Gasteiger partial charge is 0.263 e. The standard InChI is InChI=1S/C12H16N4OS/c1-2-3-4-6-14-11(17)10-9(13)8-5-7-15-16-12(8)18-10/h5,7H,2-4,6,13H2,1H3,(H,14,17). The maximum atomic E-state index is 12.0. The first-order chi connectivity index (χ1) is 8.74. The van der Waals surface area contributed by atoms with Crippen LogP contribution in [0.3, 0.4) is 0 Å². The van der Waals surface area contributed by atoms with Gasteiger partial charge in [0.1, 0.15) is 9.71 Å². The second kappa shape index (κ2) is 5.77. The molecular weight excluding hydrogens is 248 g/mol. The molecule has 0 aliphatic carbocycles. The molecule has 0 atom stereocenters. The van der Waals surface area contributed by atoms with Crippen LogP contribution in [-0.2, 0) is 0 Å². The number of rotatable bonds is 5. The molecule has 6 heteroatoms. The van der Waals surface area contributed by atoms with Gasteiger partial charge in [0.15, 0.2) is 0 Å². The van der Waals surface area contributed by atoms with Crippen molar-refractivity contribution in [2.24, 2.45) is 0 Å². The number of carbonyl (C=O) groups excluding carboxylic acids is 1. The molecule has 18 heavy (non-hydrogen) atoms. The number of nitrogens with one attached hydrogen (secondary N) is 1. The molecule has 2 aromatic heterocycles. The third kappa shape index (κ3) is 2.59. The Morgan fingerprint density at radius 1 is 1.50 bits per heavy atom. The van der Waals surface area contributed by atoms with E-state index < -0.39 is 0 Å². The summed E-state index contributed by atoms with van der Waals surface area (Å²) in [6.45, 7) is 2.82. The Morgan fingerprint density at radius 2 is 2.33 bits per heavy atom. The van der Waals surface area contributed by atoms with E-state index in [0.29, 0.717) is 21.9 Å². The predicted octanol–water partition coefficient (Wildman–Crippen LogP) is 2.19. The molecule has 3 N–H and O–H groups in total. The molecule has 0 spiro atoms. The van der Waals surface area contributed by atoms with Gasteiger partial charge >= 0.3 is 0 Å². The number of unbranched alkanes of at least 4 members (excludes halogenated alkanes) is 2. The van der Waals surface area contributed by atoms with E-state index in [4.69, 9.17) is 5.73 Å². The Bertz CT molecular complexity index is 552. The van der Waals surface area contributed by atoms with Gasteiger partial charge in [0.2, 0.25) is 0 Å². The van der Waals surface area contributed by atoms with Gasteiger partial charge < -0.3 is 11.1 Å². The highest BCUT2D eigenvalue weighted by Crippen LogP contribution is 2.31. The molecule has 0 aliphatic heterocycles. The lowest BCUT2D eigenvalue weighted by molar-refractivity contribution is 0.0958. The summed E-state index contributed by atoms with van der Waals surface area (Å²) in [5.41, 5.74) is 6.45. The van der Waals surface area contributed by atoms with Gasteiger partial charge in [0.05, 0.1) is 11.9 Å². The summed E-state index contributed by atoms with van der Waals surface area (Å²) in [6, 6.07) is 1.78. The van der Waals surface area contributed by atoms with Crippen LogP contribution in [0.2, 0.25) is 0 Å². The molecule has 5 nitrogen and oxygen atoms in total. The number of carbonyl (C=O) groups is 1. The molecule has 1 amide bonds. The molecule has 96 valence electrons. The largest absolute Gasteiger partial charge is 0.397 e.